The summed E-state index contributed by atoms with van der Waals surface area (Å²) in [6.07, 6.45) is 6.11. The molecule has 1 saturated carbocycles. The van der Waals surface area contributed by atoms with Crippen molar-refractivity contribution in [1.29, 1.82) is 0 Å². The van der Waals surface area contributed by atoms with Gasteiger partial charge in [-0.1, -0.05) is 12.8 Å². The lowest BCUT2D eigenvalue weighted by molar-refractivity contribution is 0.0612. The average Bonchev–Trinajstić information content (AvgIpc) is 2.74. The summed E-state index contributed by atoms with van der Waals surface area (Å²) in [7, 11) is 0. The summed E-state index contributed by atoms with van der Waals surface area (Å²) >= 11 is 0. The van der Waals surface area contributed by atoms with Crippen LogP contribution in [0.25, 0.3) is 11.0 Å². The Kier molecular flexibility index (Phi) is 2.96. The average molecular weight is 245 g/mol. The Morgan fingerprint density at radius 3 is 3.00 bits per heavy atom. The molecular formula is C14H19N3O. The number of rotatable bonds is 2. The maximum atomic E-state index is 10.0. The Balaban J connectivity index is 1.86. The maximum Gasteiger partial charge on any atom is 0.0958 e. The van der Waals surface area contributed by atoms with Gasteiger partial charge in [-0.2, -0.15) is 0 Å². The quantitative estimate of drug-likeness (QED) is 0.797. The summed E-state index contributed by atoms with van der Waals surface area (Å²) in [5.74, 6) is 0.355. The monoisotopic (exact) mass is 245 g/mol. The molecule has 2 aromatic rings. The first-order chi connectivity index (χ1) is 8.74. The van der Waals surface area contributed by atoms with E-state index in [0.717, 1.165) is 42.5 Å². The smallest absolute Gasteiger partial charge is 0.0958 e. The van der Waals surface area contributed by atoms with Gasteiger partial charge in [0.2, 0.25) is 0 Å². The molecule has 1 fully saturated rings. The van der Waals surface area contributed by atoms with Gasteiger partial charge < -0.3 is 15.4 Å². The molecule has 0 saturated heterocycles. The fourth-order valence-electron chi connectivity index (χ4n) is 2.88. The van der Waals surface area contributed by atoms with Crippen molar-refractivity contribution in [2.24, 2.45) is 5.92 Å². The van der Waals surface area contributed by atoms with Crippen LogP contribution in [0.5, 0.6) is 0 Å². The van der Waals surface area contributed by atoms with Crippen molar-refractivity contribution in [2.45, 2.75) is 38.3 Å². The van der Waals surface area contributed by atoms with Crippen LogP contribution in [-0.4, -0.2) is 20.8 Å². The predicted octanol–water partition coefficient (Wildman–Crippen LogP) is 2.17. The Hall–Kier alpha value is -1.55. The van der Waals surface area contributed by atoms with Crippen molar-refractivity contribution in [3.05, 3.63) is 24.5 Å². The van der Waals surface area contributed by atoms with Crippen LogP contribution in [0.1, 0.15) is 25.7 Å². The largest absolute Gasteiger partial charge is 0.399 e. The molecule has 1 aliphatic carbocycles. The minimum Gasteiger partial charge on any atom is -0.399 e. The van der Waals surface area contributed by atoms with Crippen molar-refractivity contribution in [2.75, 3.05) is 5.73 Å². The Labute approximate surface area is 106 Å². The van der Waals surface area contributed by atoms with Crippen molar-refractivity contribution in [3.63, 3.8) is 0 Å². The summed E-state index contributed by atoms with van der Waals surface area (Å²) in [5, 5.41) is 10.0. The maximum absolute atomic E-state index is 10.0. The molecule has 18 heavy (non-hydrogen) atoms. The zero-order valence-electron chi connectivity index (χ0n) is 10.4. The molecule has 4 heteroatoms. The van der Waals surface area contributed by atoms with E-state index >= 15 is 0 Å². The zero-order chi connectivity index (χ0) is 12.5. The van der Waals surface area contributed by atoms with Crippen LogP contribution >= 0.6 is 0 Å². The normalized spacial score (nSPS) is 24.5. The SMILES string of the molecule is Nc1ccc2c(c1)ncn2CC1CCCCC1O. The first kappa shape index (κ1) is 11.5. The van der Waals surface area contributed by atoms with Gasteiger partial charge in [0.05, 0.1) is 23.5 Å². The van der Waals surface area contributed by atoms with Gasteiger partial charge in [-0.3, -0.25) is 0 Å². The van der Waals surface area contributed by atoms with Gasteiger partial charge in [0.25, 0.3) is 0 Å². The first-order valence-electron chi connectivity index (χ1n) is 6.62. The molecule has 2 atom stereocenters. The highest BCUT2D eigenvalue weighted by molar-refractivity contribution is 5.78. The number of aromatic nitrogens is 2. The van der Waals surface area contributed by atoms with E-state index in [2.05, 4.69) is 9.55 Å². The number of nitrogen functional groups attached to an aromatic ring is 1. The zero-order valence-corrected chi connectivity index (χ0v) is 10.4. The molecule has 0 amide bonds. The molecule has 1 heterocycles. The highest BCUT2D eigenvalue weighted by Gasteiger charge is 2.23. The van der Waals surface area contributed by atoms with Gasteiger partial charge in [-0.25, -0.2) is 4.98 Å². The second-order valence-electron chi connectivity index (χ2n) is 5.26. The lowest BCUT2D eigenvalue weighted by Crippen LogP contribution is -2.28. The van der Waals surface area contributed by atoms with Gasteiger partial charge in [0, 0.05) is 18.2 Å². The fraction of sp³-hybridized carbons (Fsp3) is 0.500. The molecule has 3 N–H and O–H groups in total. The Bertz CT molecular complexity index is 549. The van der Waals surface area contributed by atoms with Gasteiger partial charge in [-0.05, 0) is 31.0 Å². The van der Waals surface area contributed by atoms with E-state index in [1.807, 2.05) is 24.5 Å². The fourth-order valence-corrected chi connectivity index (χ4v) is 2.88. The molecule has 0 bridgehead atoms. The van der Waals surface area contributed by atoms with E-state index in [9.17, 15) is 5.11 Å². The molecule has 0 spiro atoms. The van der Waals surface area contributed by atoms with Gasteiger partial charge >= 0.3 is 0 Å². The Morgan fingerprint density at radius 2 is 2.17 bits per heavy atom. The van der Waals surface area contributed by atoms with E-state index in [0.29, 0.717) is 5.92 Å². The van der Waals surface area contributed by atoms with E-state index in [-0.39, 0.29) is 6.10 Å². The predicted molar refractivity (Wildman–Crippen MR) is 72.1 cm³/mol. The van der Waals surface area contributed by atoms with E-state index < -0.39 is 0 Å². The standard InChI is InChI=1S/C14H19N3O/c15-11-5-6-13-12(7-11)16-9-17(13)8-10-3-1-2-4-14(10)18/h5-7,9-10,14,18H,1-4,8,15H2. The van der Waals surface area contributed by atoms with Gasteiger partial charge in [-0.15, -0.1) is 0 Å². The van der Waals surface area contributed by atoms with Crippen molar-refractivity contribution < 1.29 is 5.11 Å². The number of aliphatic hydroxyl groups is 1. The molecule has 0 radical (unpaired) electrons. The number of fused-ring (bicyclic) bond motifs is 1. The Morgan fingerprint density at radius 1 is 1.33 bits per heavy atom. The summed E-state index contributed by atoms with van der Waals surface area (Å²) in [4.78, 5) is 4.37. The van der Waals surface area contributed by atoms with Crippen molar-refractivity contribution >= 4 is 16.7 Å². The van der Waals surface area contributed by atoms with E-state index in [4.69, 9.17) is 5.73 Å². The van der Waals surface area contributed by atoms with Crippen molar-refractivity contribution in [3.8, 4) is 0 Å². The number of anilines is 1. The van der Waals surface area contributed by atoms with E-state index in [1.54, 1.807) is 0 Å². The van der Waals surface area contributed by atoms with Gasteiger partial charge in [0.1, 0.15) is 0 Å². The number of nitrogens with zero attached hydrogens (tertiary/aromatic N) is 2. The number of hydrogen-bond acceptors (Lipinski definition) is 3. The van der Waals surface area contributed by atoms with Crippen LogP contribution in [-0.2, 0) is 6.54 Å². The van der Waals surface area contributed by atoms with E-state index in [1.165, 1.54) is 6.42 Å². The number of aliphatic hydroxyl groups excluding tert-OH is 1. The van der Waals surface area contributed by atoms with Crippen LogP contribution < -0.4 is 5.73 Å². The molecule has 3 rings (SSSR count). The molecule has 0 aliphatic heterocycles. The summed E-state index contributed by atoms with van der Waals surface area (Å²) in [6.45, 7) is 0.849. The molecule has 4 nitrogen and oxygen atoms in total. The van der Waals surface area contributed by atoms with Gasteiger partial charge in [0.15, 0.2) is 0 Å². The number of benzene rings is 1. The number of hydrogen-bond donors (Lipinski definition) is 2. The third kappa shape index (κ3) is 2.08. The van der Waals surface area contributed by atoms with Crippen LogP contribution in [0.3, 0.4) is 0 Å². The van der Waals surface area contributed by atoms with Crippen LogP contribution in [0.4, 0.5) is 5.69 Å². The number of imidazole rings is 1. The van der Waals surface area contributed by atoms with Crippen LogP contribution in [0.15, 0.2) is 24.5 Å². The van der Waals surface area contributed by atoms with Crippen molar-refractivity contribution in [1.82, 2.24) is 9.55 Å². The molecule has 1 aromatic carbocycles. The first-order valence-corrected chi connectivity index (χ1v) is 6.62. The summed E-state index contributed by atoms with van der Waals surface area (Å²) in [5.41, 5.74) is 8.52. The third-order valence-electron chi connectivity index (χ3n) is 3.95. The lowest BCUT2D eigenvalue weighted by Gasteiger charge is -2.27. The highest BCUT2D eigenvalue weighted by Crippen LogP contribution is 2.27. The highest BCUT2D eigenvalue weighted by atomic mass is 16.3. The minimum absolute atomic E-state index is 0.162. The van der Waals surface area contributed by atoms with Crippen LogP contribution in [0, 0.1) is 5.92 Å². The summed E-state index contributed by atoms with van der Waals surface area (Å²) in [6, 6.07) is 5.80. The second kappa shape index (κ2) is 4.61. The molecule has 1 aliphatic rings. The summed E-state index contributed by atoms with van der Waals surface area (Å²) < 4.78 is 2.13. The molecule has 1 aromatic heterocycles. The lowest BCUT2D eigenvalue weighted by atomic mass is 9.86. The van der Waals surface area contributed by atoms with Crippen LogP contribution in [0.2, 0.25) is 0 Å². The third-order valence-corrected chi connectivity index (χ3v) is 3.95. The molecule has 2 unspecified atom stereocenters. The number of nitrogens with two attached hydrogens (primary N) is 1. The molecule has 96 valence electrons. The topological polar surface area (TPSA) is 64.1 Å². The minimum atomic E-state index is -0.162. The second-order valence-corrected chi connectivity index (χ2v) is 5.26. The molecular weight excluding hydrogens is 226 g/mol.